The van der Waals surface area contributed by atoms with Crippen LogP contribution in [-0.2, 0) is 0 Å². The number of carbonyl (C=O) groups is 2. The molecule has 6 heteroatoms. The Morgan fingerprint density at radius 1 is 1.13 bits per heavy atom. The lowest BCUT2D eigenvalue weighted by Crippen LogP contribution is -2.32. The third kappa shape index (κ3) is 5.64. The Balaban J connectivity index is 1.75. The number of ether oxygens (including phenoxy) is 1. The molecule has 0 bridgehead atoms. The van der Waals surface area contributed by atoms with Crippen LogP contribution in [0.1, 0.15) is 17.3 Å². The summed E-state index contributed by atoms with van der Waals surface area (Å²) in [4.78, 5) is 23.1. The number of carbonyl (C=O) groups excluding carboxylic acids is 2. The summed E-state index contributed by atoms with van der Waals surface area (Å²) in [6.45, 7) is 2.14. The summed E-state index contributed by atoms with van der Waals surface area (Å²) in [7, 11) is 0. The summed E-state index contributed by atoms with van der Waals surface area (Å²) >= 11 is 5.85. The van der Waals surface area contributed by atoms with Gasteiger partial charge in [-0.05, 0) is 37.3 Å². The summed E-state index contributed by atoms with van der Waals surface area (Å²) in [6.07, 6.45) is 0. The van der Waals surface area contributed by atoms with Crippen molar-refractivity contribution in [2.75, 3.05) is 18.5 Å². The average molecular weight is 333 g/mol. The molecule has 0 saturated carbocycles. The number of Topliss-reactive ketones (excluding diaryl/α,β-unsaturated/α-hetero) is 1. The number of benzene rings is 2. The molecule has 0 aliphatic carbocycles. The van der Waals surface area contributed by atoms with Crippen molar-refractivity contribution < 1.29 is 14.3 Å². The number of nitrogens with one attached hydrogen (secondary N) is 2. The fourth-order valence-corrected chi connectivity index (χ4v) is 2.06. The number of ketones is 1. The van der Waals surface area contributed by atoms with Gasteiger partial charge in [0.05, 0.1) is 6.54 Å². The molecule has 0 saturated heterocycles. The average Bonchev–Trinajstić information content (AvgIpc) is 2.52. The maximum Gasteiger partial charge on any atom is 0.319 e. The Morgan fingerprint density at radius 2 is 1.91 bits per heavy atom. The Labute approximate surface area is 139 Å². The SMILES string of the molecule is CC(=O)c1cccc(NC(=O)NCCOc2cccc(Cl)c2)c1. The Hall–Kier alpha value is -2.53. The number of amides is 2. The van der Waals surface area contributed by atoms with Crippen LogP contribution in [0.3, 0.4) is 0 Å². The van der Waals surface area contributed by atoms with Gasteiger partial charge in [0.1, 0.15) is 12.4 Å². The smallest absolute Gasteiger partial charge is 0.319 e. The van der Waals surface area contributed by atoms with Crippen LogP contribution < -0.4 is 15.4 Å². The molecule has 120 valence electrons. The minimum absolute atomic E-state index is 0.0519. The first-order valence-corrected chi connectivity index (χ1v) is 7.46. The van der Waals surface area contributed by atoms with Gasteiger partial charge < -0.3 is 15.4 Å². The highest BCUT2D eigenvalue weighted by molar-refractivity contribution is 6.30. The number of hydrogen-bond donors (Lipinski definition) is 2. The van der Waals surface area contributed by atoms with Gasteiger partial charge in [0, 0.05) is 16.3 Å². The van der Waals surface area contributed by atoms with Crippen LogP contribution in [0.2, 0.25) is 5.02 Å². The minimum atomic E-state index is -0.361. The summed E-state index contributed by atoms with van der Waals surface area (Å²) in [5, 5.41) is 5.93. The number of anilines is 1. The van der Waals surface area contributed by atoms with E-state index in [2.05, 4.69) is 10.6 Å². The molecule has 2 N–H and O–H groups in total. The summed E-state index contributed by atoms with van der Waals surface area (Å²) in [5.74, 6) is 0.595. The second-order valence-electron chi connectivity index (χ2n) is 4.82. The normalized spacial score (nSPS) is 10.0. The van der Waals surface area contributed by atoms with Gasteiger partial charge in [-0.2, -0.15) is 0 Å². The zero-order chi connectivity index (χ0) is 16.7. The number of rotatable bonds is 6. The van der Waals surface area contributed by atoms with E-state index in [1.807, 2.05) is 0 Å². The van der Waals surface area contributed by atoms with Gasteiger partial charge in [0.15, 0.2) is 5.78 Å². The van der Waals surface area contributed by atoms with Crippen molar-refractivity contribution in [1.29, 1.82) is 0 Å². The van der Waals surface area contributed by atoms with E-state index in [9.17, 15) is 9.59 Å². The predicted octanol–water partition coefficient (Wildman–Crippen LogP) is 3.74. The summed E-state index contributed by atoms with van der Waals surface area (Å²) in [6, 6.07) is 13.4. The molecule has 0 aliphatic rings. The third-order valence-corrected chi connectivity index (χ3v) is 3.21. The van der Waals surface area contributed by atoms with Crippen molar-refractivity contribution in [2.45, 2.75) is 6.92 Å². The second-order valence-corrected chi connectivity index (χ2v) is 5.26. The molecule has 0 radical (unpaired) electrons. The standard InChI is InChI=1S/C17H17ClN2O3/c1-12(21)13-4-2-6-15(10-13)20-17(22)19-8-9-23-16-7-3-5-14(18)11-16/h2-7,10-11H,8-9H2,1H3,(H2,19,20,22). The first-order valence-electron chi connectivity index (χ1n) is 7.09. The van der Waals surface area contributed by atoms with Crippen molar-refractivity contribution in [1.82, 2.24) is 5.32 Å². The van der Waals surface area contributed by atoms with Gasteiger partial charge >= 0.3 is 6.03 Å². The van der Waals surface area contributed by atoms with Crippen molar-refractivity contribution >= 4 is 29.1 Å². The minimum Gasteiger partial charge on any atom is -0.492 e. The molecule has 2 amide bonds. The Morgan fingerprint density at radius 3 is 2.65 bits per heavy atom. The molecule has 5 nitrogen and oxygen atoms in total. The maximum absolute atomic E-state index is 11.8. The van der Waals surface area contributed by atoms with E-state index < -0.39 is 0 Å². The Bertz CT molecular complexity index is 704. The van der Waals surface area contributed by atoms with E-state index in [0.29, 0.717) is 35.2 Å². The molecule has 2 rings (SSSR count). The summed E-state index contributed by atoms with van der Waals surface area (Å²) < 4.78 is 5.47. The van der Waals surface area contributed by atoms with E-state index in [4.69, 9.17) is 16.3 Å². The van der Waals surface area contributed by atoms with Crippen LogP contribution in [-0.4, -0.2) is 25.0 Å². The molecule has 0 spiro atoms. The topological polar surface area (TPSA) is 67.4 Å². The van der Waals surface area contributed by atoms with E-state index in [-0.39, 0.29) is 11.8 Å². The van der Waals surface area contributed by atoms with Gasteiger partial charge in [0.25, 0.3) is 0 Å². The van der Waals surface area contributed by atoms with Crippen molar-refractivity contribution in [2.24, 2.45) is 0 Å². The van der Waals surface area contributed by atoms with Crippen LogP contribution in [0.15, 0.2) is 48.5 Å². The van der Waals surface area contributed by atoms with Crippen molar-refractivity contribution in [3.63, 3.8) is 0 Å². The molecule has 0 heterocycles. The van der Waals surface area contributed by atoms with E-state index >= 15 is 0 Å². The highest BCUT2D eigenvalue weighted by atomic mass is 35.5. The fourth-order valence-electron chi connectivity index (χ4n) is 1.88. The predicted molar refractivity (Wildman–Crippen MR) is 90.4 cm³/mol. The number of hydrogen-bond acceptors (Lipinski definition) is 3. The van der Waals surface area contributed by atoms with E-state index in [0.717, 1.165) is 0 Å². The maximum atomic E-state index is 11.8. The number of halogens is 1. The lowest BCUT2D eigenvalue weighted by atomic mass is 10.1. The highest BCUT2D eigenvalue weighted by Gasteiger charge is 2.04. The van der Waals surface area contributed by atoms with Crippen LogP contribution in [0.4, 0.5) is 10.5 Å². The largest absolute Gasteiger partial charge is 0.492 e. The molecular weight excluding hydrogens is 316 g/mol. The third-order valence-electron chi connectivity index (χ3n) is 2.98. The zero-order valence-electron chi connectivity index (χ0n) is 12.6. The van der Waals surface area contributed by atoms with Gasteiger partial charge in [-0.3, -0.25) is 4.79 Å². The first-order chi connectivity index (χ1) is 11.0. The molecule has 2 aromatic rings. The highest BCUT2D eigenvalue weighted by Crippen LogP contribution is 2.16. The molecule has 0 aliphatic heterocycles. The van der Waals surface area contributed by atoms with Crippen LogP contribution >= 0.6 is 11.6 Å². The first kappa shape index (κ1) is 16.8. The second kappa shape index (κ2) is 8.19. The van der Waals surface area contributed by atoms with Gasteiger partial charge in [-0.25, -0.2) is 4.79 Å². The Kier molecular flexibility index (Phi) is 6.00. The quantitative estimate of drug-likeness (QED) is 0.625. The fraction of sp³-hybridized carbons (Fsp3) is 0.176. The number of urea groups is 1. The molecule has 2 aromatic carbocycles. The molecule has 23 heavy (non-hydrogen) atoms. The van der Waals surface area contributed by atoms with Crippen LogP contribution in [0.5, 0.6) is 5.75 Å². The molecule has 0 fully saturated rings. The van der Waals surface area contributed by atoms with Crippen molar-refractivity contribution in [3.8, 4) is 5.75 Å². The molecule has 0 atom stereocenters. The van der Waals surface area contributed by atoms with Crippen LogP contribution in [0.25, 0.3) is 0 Å². The van der Waals surface area contributed by atoms with Gasteiger partial charge in [0.2, 0.25) is 0 Å². The van der Waals surface area contributed by atoms with E-state index in [1.54, 1.807) is 48.5 Å². The van der Waals surface area contributed by atoms with Gasteiger partial charge in [-0.15, -0.1) is 0 Å². The molecule has 0 aromatic heterocycles. The molecule has 0 unspecified atom stereocenters. The molecular formula is C17H17ClN2O3. The van der Waals surface area contributed by atoms with Gasteiger partial charge in [-0.1, -0.05) is 29.8 Å². The van der Waals surface area contributed by atoms with E-state index in [1.165, 1.54) is 6.92 Å². The van der Waals surface area contributed by atoms with Crippen LogP contribution in [0, 0.1) is 0 Å². The lowest BCUT2D eigenvalue weighted by Gasteiger charge is -2.09. The lowest BCUT2D eigenvalue weighted by molar-refractivity contribution is 0.101. The summed E-state index contributed by atoms with van der Waals surface area (Å²) in [5.41, 5.74) is 1.11. The monoisotopic (exact) mass is 332 g/mol. The zero-order valence-corrected chi connectivity index (χ0v) is 13.4. The van der Waals surface area contributed by atoms with Crippen molar-refractivity contribution in [3.05, 3.63) is 59.1 Å².